The first-order chi connectivity index (χ1) is 16.1. The Balaban J connectivity index is 1.11. The van der Waals surface area contributed by atoms with E-state index in [1.807, 2.05) is 6.07 Å². The summed E-state index contributed by atoms with van der Waals surface area (Å²) in [7, 11) is 0. The zero-order valence-electron chi connectivity index (χ0n) is 18.9. The van der Waals surface area contributed by atoms with Crippen LogP contribution in [0.5, 0.6) is 0 Å². The number of nitrogens with zero attached hydrogens (tertiary/aromatic N) is 5. The lowest BCUT2D eigenvalue weighted by molar-refractivity contribution is 0.252. The molecule has 2 N–H and O–H groups in total. The molecular weight excluding hydrogens is 480 g/mol. The van der Waals surface area contributed by atoms with E-state index in [9.17, 15) is 4.79 Å². The number of anilines is 1. The molecule has 3 aromatic rings. The summed E-state index contributed by atoms with van der Waals surface area (Å²) in [6.45, 7) is 5.13. The van der Waals surface area contributed by atoms with Crippen molar-refractivity contribution in [2.75, 3.05) is 43.5 Å². The Morgan fingerprint density at radius 3 is 2.70 bits per heavy atom. The average Bonchev–Trinajstić information content (AvgIpc) is 2.84. The van der Waals surface area contributed by atoms with Gasteiger partial charge in [0.1, 0.15) is 11.6 Å². The van der Waals surface area contributed by atoms with Crippen molar-refractivity contribution in [2.24, 2.45) is 0 Å². The van der Waals surface area contributed by atoms with Gasteiger partial charge in [-0.1, -0.05) is 34.1 Å². The summed E-state index contributed by atoms with van der Waals surface area (Å²) in [5, 5.41) is 1.18. The summed E-state index contributed by atoms with van der Waals surface area (Å²) in [6.07, 6.45) is 5.33. The second kappa shape index (κ2) is 9.81. The second-order valence-electron chi connectivity index (χ2n) is 9.12. The highest BCUT2D eigenvalue weighted by molar-refractivity contribution is 9.09. The largest absolute Gasteiger partial charge is 0.354 e. The van der Waals surface area contributed by atoms with Crippen LogP contribution in [0.1, 0.15) is 36.3 Å². The van der Waals surface area contributed by atoms with Gasteiger partial charge in [0.2, 0.25) is 0 Å². The molecule has 1 aliphatic heterocycles. The third kappa shape index (κ3) is 4.92. The number of nitrogens with two attached hydrogens (primary N) is 1. The van der Waals surface area contributed by atoms with E-state index in [4.69, 9.17) is 15.8 Å². The van der Waals surface area contributed by atoms with Gasteiger partial charge in [0.05, 0.1) is 11.2 Å². The number of para-hydroxylation sites is 1. The summed E-state index contributed by atoms with van der Waals surface area (Å²) < 4.78 is 1.28. The maximum absolute atomic E-state index is 12.6. The Labute approximate surface area is 202 Å². The molecule has 0 spiro atoms. The van der Waals surface area contributed by atoms with Crippen LogP contribution in [0.4, 0.5) is 5.82 Å². The molecule has 1 fully saturated rings. The molecule has 1 atom stereocenters. The van der Waals surface area contributed by atoms with Crippen LogP contribution in [0, 0.1) is 0 Å². The quantitative estimate of drug-likeness (QED) is 0.312. The third-order valence-corrected chi connectivity index (χ3v) is 7.68. The van der Waals surface area contributed by atoms with Crippen LogP contribution in [-0.4, -0.2) is 57.1 Å². The molecule has 0 saturated carbocycles. The van der Waals surface area contributed by atoms with Gasteiger partial charge in [-0.2, -0.15) is 0 Å². The number of hydrogen-bond donors (Lipinski definition) is 1. The van der Waals surface area contributed by atoms with Crippen molar-refractivity contribution in [1.29, 1.82) is 0 Å². The molecule has 33 heavy (non-hydrogen) atoms. The van der Waals surface area contributed by atoms with E-state index in [0.29, 0.717) is 10.7 Å². The van der Waals surface area contributed by atoms with Gasteiger partial charge in [-0.3, -0.25) is 9.69 Å². The Kier molecular flexibility index (Phi) is 6.64. The van der Waals surface area contributed by atoms with Gasteiger partial charge < -0.3 is 10.7 Å². The summed E-state index contributed by atoms with van der Waals surface area (Å²) in [5.74, 6) is 7.86. The van der Waals surface area contributed by atoms with Gasteiger partial charge in [0.15, 0.2) is 0 Å². The summed E-state index contributed by atoms with van der Waals surface area (Å²) >= 11 is 3.67. The number of halogens is 1. The minimum absolute atomic E-state index is 0.0622. The number of unbranched alkanes of at least 4 members (excludes halogenated alkanes) is 1. The molecule has 2 aromatic heterocycles. The first-order valence-corrected chi connectivity index (χ1v) is 12.9. The number of benzene rings is 1. The SMILES string of the molecule is Nn1c(CCCCN2CCN(c3ccc4ccccc4n3)CC2)nc2c(c1=O)CCC(Br)C2. The topological polar surface area (TPSA) is 80.3 Å². The van der Waals surface area contributed by atoms with Crippen molar-refractivity contribution in [3.05, 3.63) is 63.8 Å². The van der Waals surface area contributed by atoms with E-state index in [1.165, 1.54) is 10.1 Å². The zero-order valence-corrected chi connectivity index (χ0v) is 20.5. The van der Waals surface area contributed by atoms with Gasteiger partial charge >= 0.3 is 0 Å². The van der Waals surface area contributed by atoms with Gasteiger partial charge in [-0.25, -0.2) is 14.6 Å². The second-order valence-corrected chi connectivity index (χ2v) is 10.4. The molecule has 5 rings (SSSR count). The van der Waals surface area contributed by atoms with E-state index < -0.39 is 0 Å². The van der Waals surface area contributed by atoms with Crippen molar-refractivity contribution >= 4 is 32.7 Å². The normalized spacial score (nSPS) is 19.1. The first kappa shape index (κ1) is 22.3. The molecule has 0 bridgehead atoms. The average molecular weight is 511 g/mol. The molecular formula is C25H31BrN6O. The molecule has 8 heteroatoms. The summed E-state index contributed by atoms with van der Waals surface area (Å²) in [5.41, 5.74) is 2.73. The van der Waals surface area contributed by atoms with Crippen LogP contribution < -0.4 is 16.3 Å². The number of rotatable bonds is 6. The number of nitrogen functional groups attached to an aromatic ring is 1. The monoisotopic (exact) mass is 510 g/mol. The maximum atomic E-state index is 12.6. The van der Waals surface area contributed by atoms with Crippen LogP contribution in [0.15, 0.2) is 41.2 Å². The molecule has 3 heterocycles. The molecule has 1 saturated heterocycles. The number of hydrogen-bond acceptors (Lipinski definition) is 6. The lowest BCUT2D eigenvalue weighted by Gasteiger charge is -2.35. The van der Waals surface area contributed by atoms with Crippen molar-refractivity contribution in [1.82, 2.24) is 19.5 Å². The van der Waals surface area contributed by atoms with Crippen LogP contribution in [0.25, 0.3) is 10.9 Å². The highest BCUT2D eigenvalue weighted by Crippen LogP contribution is 2.23. The number of alkyl halides is 1. The fraction of sp³-hybridized carbons (Fsp3) is 0.480. The third-order valence-electron chi connectivity index (χ3n) is 6.89. The van der Waals surface area contributed by atoms with Crippen molar-refractivity contribution in [2.45, 2.75) is 43.4 Å². The van der Waals surface area contributed by atoms with Gasteiger partial charge in [0.25, 0.3) is 5.56 Å². The molecule has 174 valence electrons. The van der Waals surface area contributed by atoms with Gasteiger partial charge in [-0.05, 0) is 50.4 Å². The van der Waals surface area contributed by atoms with Crippen molar-refractivity contribution < 1.29 is 0 Å². The van der Waals surface area contributed by atoms with Crippen LogP contribution in [0.3, 0.4) is 0 Å². The minimum Gasteiger partial charge on any atom is -0.354 e. The molecule has 0 radical (unpaired) electrons. The van der Waals surface area contributed by atoms with Crippen LogP contribution >= 0.6 is 15.9 Å². The maximum Gasteiger partial charge on any atom is 0.275 e. The molecule has 1 aromatic carbocycles. The van der Waals surface area contributed by atoms with E-state index >= 15 is 0 Å². The number of aromatic nitrogens is 3. The highest BCUT2D eigenvalue weighted by Gasteiger charge is 2.23. The highest BCUT2D eigenvalue weighted by atomic mass is 79.9. The van der Waals surface area contributed by atoms with E-state index in [0.717, 1.165) is 93.8 Å². The fourth-order valence-electron chi connectivity index (χ4n) is 4.92. The van der Waals surface area contributed by atoms with Crippen LogP contribution in [-0.2, 0) is 19.3 Å². The molecule has 2 aliphatic rings. The predicted octanol–water partition coefficient (Wildman–Crippen LogP) is 2.90. The minimum atomic E-state index is -0.0622. The standard InChI is InChI=1S/C25H31BrN6O/c26-19-9-10-20-22(17-19)29-24(32(27)25(20)33)7-3-4-12-30-13-15-31(16-14-30)23-11-8-18-5-1-2-6-21(18)28-23/h1-2,5-6,8,11,19H,3-4,7,9-10,12-17,27H2. The summed E-state index contributed by atoms with van der Waals surface area (Å²) in [6, 6.07) is 12.6. The first-order valence-electron chi connectivity index (χ1n) is 11.9. The molecule has 1 unspecified atom stereocenters. The van der Waals surface area contributed by atoms with Gasteiger partial charge in [0, 0.05) is 54.8 Å². The number of piperazine rings is 1. The lowest BCUT2D eigenvalue weighted by atomic mass is 9.97. The molecule has 1 aliphatic carbocycles. The van der Waals surface area contributed by atoms with Crippen LogP contribution in [0.2, 0.25) is 0 Å². The number of pyridine rings is 1. The Morgan fingerprint density at radius 1 is 1.03 bits per heavy atom. The predicted molar refractivity (Wildman–Crippen MR) is 137 cm³/mol. The number of fused-ring (bicyclic) bond motifs is 2. The fourth-order valence-corrected chi connectivity index (χ4v) is 5.46. The van der Waals surface area contributed by atoms with E-state index in [-0.39, 0.29) is 5.56 Å². The Morgan fingerprint density at radius 2 is 1.85 bits per heavy atom. The molecule has 0 amide bonds. The Bertz CT molecular complexity index is 1190. The number of aryl methyl sites for hydroxylation is 1. The zero-order chi connectivity index (χ0) is 22.8. The van der Waals surface area contributed by atoms with Gasteiger partial charge in [-0.15, -0.1) is 0 Å². The Hall–Kier alpha value is -2.45. The van der Waals surface area contributed by atoms with E-state index in [1.54, 1.807) is 0 Å². The van der Waals surface area contributed by atoms with Crippen molar-refractivity contribution in [3.63, 3.8) is 0 Å². The van der Waals surface area contributed by atoms with E-state index in [2.05, 4.69) is 56.1 Å². The van der Waals surface area contributed by atoms with Crippen molar-refractivity contribution in [3.8, 4) is 0 Å². The smallest absolute Gasteiger partial charge is 0.275 e. The summed E-state index contributed by atoms with van der Waals surface area (Å²) in [4.78, 5) is 27.5. The lowest BCUT2D eigenvalue weighted by Crippen LogP contribution is -2.46. The molecule has 7 nitrogen and oxygen atoms in total.